The highest BCUT2D eigenvalue weighted by atomic mass is 32.2. The van der Waals surface area contributed by atoms with Crippen molar-refractivity contribution >= 4 is 15.9 Å². The molecule has 2 rings (SSSR count). The lowest BCUT2D eigenvalue weighted by Gasteiger charge is -2.28. The maximum Gasteiger partial charge on any atom is 0.405 e. The fraction of sp³-hybridized carbons (Fsp3) is 0.467. The third-order valence-corrected chi connectivity index (χ3v) is 5.61. The highest BCUT2D eigenvalue weighted by Gasteiger charge is 2.31. The van der Waals surface area contributed by atoms with Gasteiger partial charge >= 0.3 is 6.18 Å². The average molecular weight is 375 g/mol. The molecule has 0 saturated carbocycles. The van der Waals surface area contributed by atoms with Gasteiger partial charge in [0.05, 0.1) is 16.9 Å². The number of piperidine rings is 1. The molecule has 0 unspecified atom stereocenters. The van der Waals surface area contributed by atoms with Crippen molar-refractivity contribution in [3.63, 3.8) is 0 Å². The number of nitrogens with one attached hydrogen (secondary N) is 1. The van der Waals surface area contributed by atoms with Gasteiger partial charge in [-0.05, 0) is 31.0 Å². The zero-order valence-corrected chi connectivity index (χ0v) is 13.9. The zero-order valence-electron chi connectivity index (χ0n) is 13.1. The van der Waals surface area contributed by atoms with Crippen LogP contribution in [0.25, 0.3) is 0 Å². The number of sulfonamides is 1. The lowest BCUT2D eigenvalue weighted by molar-refractivity contribution is -0.123. The van der Waals surface area contributed by atoms with E-state index in [2.05, 4.69) is 0 Å². The second kappa shape index (κ2) is 7.41. The second-order valence-electron chi connectivity index (χ2n) is 5.66. The Morgan fingerprint density at radius 3 is 2.76 bits per heavy atom. The third-order valence-electron chi connectivity index (χ3n) is 3.75. The van der Waals surface area contributed by atoms with Crippen molar-refractivity contribution in [1.29, 1.82) is 5.26 Å². The van der Waals surface area contributed by atoms with Crippen molar-refractivity contribution in [1.82, 2.24) is 9.62 Å². The fourth-order valence-electron chi connectivity index (χ4n) is 2.50. The summed E-state index contributed by atoms with van der Waals surface area (Å²) in [6.45, 7) is -1.19. The molecule has 1 aromatic carbocycles. The summed E-state index contributed by atoms with van der Waals surface area (Å²) in [7, 11) is -3.92. The normalized spacial score (nSPS) is 19.2. The van der Waals surface area contributed by atoms with E-state index >= 15 is 0 Å². The minimum Gasteiger partial charge on any atom is -0.343 e. The maximum absolute atomic E-state index is 12.6. The van der Waals surface area contributed by atoms with Gasteiger partial charge in [0.1, 0.15) is 6.54 Å². The molecule has 0 aliphatic carbocycles. The van der Waals surface area contributed by atoms with Crippen LogP contribution in [-0.4, -0.2) is 44.4 Å². The standard InChI is InChI=1S/C15H16F3N3O3S/c16-15(17,18)10-20-14(22)12-4-1-5-13(7-12)25(23,24)21-6-2-3-11(8-19)9-21/h1,4-5,7,11H,2-3,6,9-10H2,(H,20,22)/t11-/m0/s1. The summed E-state index contributed by atoms with van der Waals surface area (Å²) in [4.78, 5) is 11.6. The van der Waals surface area contributed by atoms with Gasteiger partial charge in [0.25, 0.3) is 5.91 Å². The molecule has 1 aromatic rings. The summed E-state index contributed by atoms with van der Waals surface area (Å²) in [5.41, 5.74) is -0.181. The predicted octanol–water partition coefficient (Wildman–Crippen LogP) is 1.90. The molecule has 1 N–H and O–H groups in total. The van der Waals surface area contributed by atoms with Crippen LogP contribution < -0.4 is 5.32 Å². The van der Waals surface area contributed by atoms with Crippen molar-refractivity contribution in [3.8, 4) is 6.07 Å². The van der Waals surface area contributed by atoms with Crippen molar-refractivity contribution in [3.05, 3.63) is 29.8 Å². The Balaban J connectivity index is 2.19. The summed E-state index contributed by atoms with van der Waals surface area (Å²) in [6.07, 6.45) is -3.40. The number of rotatable bonds is 4. The van der Waals surface area contributed by atoms with E-state index in [9.17, 15) is 26.4 Å². The molecule has 0 radical (unpaired) electrons. The van der Waals surface area contributed by atoms with E-state index in [4.69, 9.17) is 5.26 Å². The average Bonchev–Trinajstić information content (AvgIpc) is 2.59. The van der Waals surface area contributed by atoms with Crippen LogP contribution in [0.15, 0.2) is 29.2 Å². The van der Waals surface area contributed by atoms with Crippen LogP contribution >= 0.6 is 0 Å². The van der Waals surface area contributed by atoms with Crippen molar-refractivity contribution < 1.29 is 26.4 Å². The number of hydrogen-bond donors (Lipinski definition) is 1. The van der Waals surface area contributed by atoms with Crippen molar-refractivity contribution in [2.24, 2.45) is 5.92 Å². The van der Waals surface area contributed by atoms with E-state index in [1.807, 2.05) is 6.07 Å². The van der Waals surface area contributed by atoms with E-state index < -0.39 is 34.6 Å². The van der Waals surface area contributed by atoms with Gasteiger partial charge in [-0.1, -0.05) is 6.07 Å². The molecule has 1 amide bonds. The van der Waals surface area contributed by atoms with Gasteiger partial charge in [-0.15, -0.1) is 0 Å². The van der Waals surface area contributed by atoms with Crippen LogP contribution in [0.1, 0.15) is 23.2 Å². The summed E-state index contributed by atoms with van der Waals surface area (Å²) in [6, 6.07) is 6.88. The number of amides is 1. The van der Waals surface area contributed by atoms with Gasteiger partial charge in [-0.2, -0.15) is 22.7 Å². The molecule has 1 aliphatic rings. The Morgan fingerprint density at radius 1 is 1.40 bits per heavy atom. The number of carbonyl (C=O) groups is 1. The fourth-order valence-corrected chi connectivity index (χ4v) is 4.07. The molecule has 10 heteroatoms. The molecular formula is C15H16F3N3O3S. The maximum atomic E-state index is 12.6. The molecule has 1 aliphatic heterocycles. The number of hydrogen-bond acceptors (Lipinski definition) is 4. The Kier molecular flexibility index (Phi) is 5.69. The van der Waals surface area contributed by atoms with Crippen molar-refractivity contribution in [2.45, 2.75) is 23.9 Å². The van der Waals surface area contributed by atoms with Gasteiger partial charge in [-0.25, -0.2) is 8.42 Å². The third kappa shape index (κ3) is 4.93. The summed E-state index contributed by atoms with van der Waals surface area (Å²) in [5, 5.41) is 10.7. The highest BCUT2D eigenvalue weighted by molar-refractivity contribution is 7.89. The van der Waals surface area contributed by atoms with E-state index in [0.29, 0.717) is 12.8 Å². The first-order valence-electron chi connectivity index (χ1n) is 7.48. The zero-order chi connectivity index (χ0) is 18.7. The highest BCUT2D eigenvalue weighted by Crippen LogP contribution is 2.24. The number of alkyl halides is 3. The van der Waals surface area contributed by atoms with Crippen LogP contribution in [0.2, 0.25) is 0 Å². The number of nitriles is 1. The van der Waals surface area contributed by atoms with Gasteiger partial charge in [0.15, 0.2) is 0 Å². The number of benzene rings is 1. The van der Waals surface area contributed by atoms with E-state index in [1.165, 1.54) is 18.2 Å². The van der Waals surface area contributed by atoms with E-state index in [1.54, 1.807) is 5.32 Å². The summed E-state index contributed by atoms with van der Waals surface area (Å²) in [5.74, 6) is -1.41. The lowest BCUT2D eigenvalue weighted by atomic mass is 10.0. The molecular weight excluding hydrogens is 359 g/mol. The van der Waals surface area contributed by atoms with E-state index in [0.717, 1.165) is 10.4 Å². The molecule has 1 fully saturated rings. The molecule has 136 valence electrons. The first kappa shape index (κ1) is 19.2. The van der Waals surface area contributed by atoms with Crippen LogP contribution in [0, 0.1) is 17.2 Å². The topological polar surface area (TPSA) is 90.3 Å². The first-order valence-corrected chi connectivity index (χ1v) is 8.92. The summed E-state index contributed by atoms with van der Waals surface area (Å²) < 4.78 is 63.0. The van der Waals surface area contributed by atoms with Gasteiger partial charge in [0, 0.05) is 18.7 Å². The molecule has 25 heavy (non-hydrogen) atoms. The van der Waals surface area contributed by atoms with Gasteiger partial charge in [-0.3, -0.25) is 4.79 Å². The van der Waals surface area contributed by atoms with Crippen LogP contribution in [0.3, 0.4) is 0 Å². The van der Waals surface area contributed by atoms with Gasteiger partial charge in [0.2, 0.25) is 10.0 Å². The first-order chi connectivity index (χ1) is 11.6. The number of carbonyl (C=O) groups excluding carboxylic acids is 1. The molecule has 0 aromatic heterocycles. The molecule has 1 saturated heterocycles. The quantitative estimate of drug-likeness (QED) is 0.870. The Bertz CT molecular complexity index is 787. The minimum atomic E-state index is -4.56. The van der Waals surface area contributed by atoms with Crippen LogP contribution in [-0.2, 0) is 10.0 Å². The van der Waals surface area contributed by atoms with Crippen LogP contribution in [0.5, 0.6) is 0 Å². The lowest BCUT2D eigenvalue weighted by Crippen LogP contribution is -2.39. The molecule has 1 heterocycles. The van der Waals surface area contributed by atoms with Gasteiger partial charge < -0.3 is 5.32 Å². The predicted molar refractivity (Wildman–Crippen MR) is 81.9 cm³/mol. The smallest absolute Gasteiger partial charge is 0.343 e. The summed E-state index contributed by atoms with van der Waals surface area (Å²) >= 11 is 0. The number of nitrogens with zero attached hydrogens (tertiary/aromatic N) is 2. The number of halogens is 3. The molecule has 0 spiro atoms. The SMILES string of the molecule is N#C[C@@H]1CCCN(S(=O)(=O)c2cccc(C(=O)NCC(F)(F)F)c2)C1. The largest absolute Gasteiger partial charge is 0.405 e. The Morgan fingerprint density at radius 2 is 2.12 bits per heavy atom. The molecule has 0 bridgehead atoms. The van der Waals surface area contributed by atoms with E-state index in [-0.39, 0.29) is 23.5 Å². The van der Waals surface area contributed by atoms with Crippen LogP contribution in [0.4, 0.5) is 13.2 Å². The Labute approximate surface area is 143 Å². The van der Waals surface area contributed by atoms with Crippen molar-refractivity contribution in [2.75, 3.05) is 19.6 Å². The monoisotopic (exact) mass is 375 g/mol. The second-order valence-corrected chi connectivity index (χ2v) is 7.59. The Hall–Kier alpha value is -2.12. The molecule has 6 nitrogen and oxygen atoms in total. The minimum absolute atomic E-state index is 0.0589. The molecule has 1 atom stereocenters.